The zero-order chi connectivity index (χ0) is 19.9. The average Bonchev–Trinajstić information content (AvgIpc) is 3.17. The minimum absolute atomic E-state index is 0.0299. The number of rotatable bonds is 4. The maximum absolute atomic E-state index is 14.4. The van der Waals surface area contributed by atoms with E-state index >= 15 is 0 Å². The summed E-state index contributed by atoms with van der Waals surface area (Å²) < 4.78 is 19.9. The second kappa shape index (κ2) is 6.85. The van der Waals surface area contributed by atoms with Crippen molar-refractivity contribution in [2.75, 3.05) is 6.61 Å². The van der Waals surface area contributed by atoms with Crippen molar-refractivity contribution < 1.29 is 13.9 Å². The fraction of sp³-hybridized carbons (Fsp3) is 0.455. The van der Waals surface area contributed by atoms with Gasteiger partial charge in [-0.25, -0.2) is 4.39 Å². The zero-order valence-electron chi connectivity index (χ0n) is 16.5. The Morgan fingerprint density at radius 1 is 1.29 bits per heavy atom. The van der Waals surface area contributed by atoms with Gasteiger partial charge in [0.05, 0.1) is 18.3 Å². The van der Waals surface area contributed by atoms with Gasteiger partial charge in [-0.3, -0.25) is 15.1 Å². The number of amides is 1. The topological polar surface area (TPSA) is 63.2 Å². The van der Waals surface area contributed by atoms with E-state index in [4.69, 9.17) is 4.74 Å². The molecule has 2 fully saturated rings. The SMILES string of the molecule is CCOc1ccc(F)c(-c2ccnc(C3CCC4(CC(C)(C)NC4=O)N3)c2)c1. The van der Waals surface area contributed by atoms with Crippen LogP contribution in [0.15, 0.2) is 36.5 Å². The molecule has 2 aromatic rings. The summed E-state index contributed by atoms with van der Waals surface area (Å²) in [5.41, 5.74) is 1.32. The molecule has 1 spiro atoms. The number of hydrogen-bond donors (Lipinski definition) is 2. The maximum atomic E-state index is 14.4. The number of hydrogen-bond acceptors (Lipinski definition) is 4. The van der Waals surface area contributed by atoms with Gasteiger partial charge in [0.25, 0.3) is 0 Å². The molecule has 5 nitrogen and oxygen atoms in total. The van der Waals surface area contributed by atoms with Gasteiger partial charge in [0.15, 0.2) is 0 Å². The lowest BCUT2D eigenvalue weighted by molar-refractivity contribution is -0.124. The number of pyridine rings is 1. The van der Waals surface area contributed by atoms with Crippen LogP contribution in [0.3, 0.4) is 0 Å². The van der Waals surface area contributed by atoms with Gasteiger partial charge in [-0.15, -0.1) is 0 Å². The van der Waals surface area contributed by atoms with E-state index in [1.165, 1.54) is 6.07 Å². The maximum Gasteiger partial charge on any atom is 0.240 e. The molecular formula is C22H26FN3O2. The van der Waals surface area contributed by atoms with E-state index in [1.54, 1.807) is 24.4 Å². The zero-order valence-corrected chi connectivity index (χ0v) is 16.5. The van der Waals surface area contributed by atoms with Gasteiger partial charge in [0.2, 0.25) is 5.91 Å². The van der Waals surface area contributed by atoms with E-state index in [1.807, 2.05) is 26.8 Å². The number of carbonyl (C=O) groups is 1. The van der Waals surface area contributed by atoms with E-state index in [2.05, 4.69) is 15.6 Å². The first-order chi connectivity index (χ1) is 13.3. The fourth-order valence-electron chi connectivity index (χ4n) is 4.50. The Morgan fingerprint density at radius 3 is 2.82 bits per heavy atom. The molecule has 0 saturated carbocycles. The Labute approximate surface area is 164 Å². The molecule has 6 heteroatoms. The minimum atomic E-state index is -0.536. The highest BCUT2D eigenvalue weighted by atomic mass is 19.1. The van der Waals surface area contributed by atoms with Crippen LogP contribution in [0.5, 0.6) is 5.75 Å². The largest absolute Gasteiger partial charge is 0.494 e. The third kappa shape index (κ3) is 3.37. The molecule has 2 saturated heterocycles. The van der Waals surface area contributed by atoms with E-state index in [0.717, 1.165) is 30.5 Å². The molecule has 2 aliphatic rings. The molecule has 1 amide bonds. The fourth-order valence-corrected chi connectivity index (χ4v) is 4.50. The van der Waals surface area contributed by atoms with Crippen molar-refractivity contribution in [2.45, 2.75) is 57.2 Å². The highest BCUT2D eigenvalue weighted by Gasteiger charge is 2.54. The molecule has 4 rings (SSSR count). The van der Waals surface area contributed by atoms with Crippen LogP contribution in [0.2, 0.25) is 0 Å². The van der Waals surface area contributed by atoms with E-state index in [9.17, 15) is 9.18 Å². The molecule has 2 N–H and O–H groups in total. The van der Waals surface area contributed by atoms with Crippen molar-refractivity contribution in [3.63, 3.8) is 0 Å². The number of nitrogens with one attached hydrogen (secondary N) is 2. The molecule has 2 aliphatic heterocycles. The van der Waals surface area contributed by atoms with Crippen molar-refractivity contribution in [2.24, 2.45) is 0 Å². The summed E-state index contributed by atoms with van der Waals surface area (Å²) >= 11 is 0. The summed E-state index contributed by atoms with van der Waals surface area (Å²) in [7, 11) is 0. The van der Waals surface area contributed by atoms with Crippen LogP contribution in [-0.4, -0.2) is 28.6 Å². The van der Waals surface area contributed by atoms with Gasteiger partial charge in [-0.05, 0) is 75.9 Å². The van der Waals surface area contributed by atoms with E-state index in [0.29, 0.717) is 17.9 Å². The molecule has 3 heterocycles. The lowest BCUT2D eigenvalue weighted by Gasteiger charge is -2.24. The van der Waals surface area contributed by atoms with Crippen LogP contribution < -0.4 is 15.4 Å². The second-order valence-electron chi connectivity index (χ2n) is 8.38. The Kier molecular flexibility index (Phi) is 4.62. The predicted octanol–water partition coefficient (Wildman–Crippen LogP) is 3.75. The standard InChI is InChI=1S/C22H26FN3O2/c1-4-28-15-5-6-17(23)16(12-15)14-8-10-24-19(11-14)18-7-9-22(25-18)13-21(2,3)26-20(22)27/h5-6,8,10-12,18,25H,4,7,9,13H2,1-3H3,(H,26,27). The molecule has 1 aromatic heterocycles. The van der Waals surface area contributed by atoms with Gasteiger partial charge in [-0.1, -0.05) is 0 Å². The summed E-state index contributed by atoms with van der Waals surface area (Å²) in [6.45, 7) is 6.51. The van der Waals surface area contributed by atoms with Gasteiger partial charge in [0, 0.05) is 17.3 Å². The van der Waals surface area contributed by atoms with Gasteiger partial charge in [-0.2, -0.15) is 0 Å². The first-order valence-corrected chi connectivity index (χ1v) is 9.81. The number of carbonyl (C=O) groups excluding carboxylic acids is 1. The smallest absolute Gasteiger partial charge is 0.240 e. The van der Waals surface area contributed by atoms with Gasteiger partial charge >= 0.3 is 0 Å². The number of benzene rings is 1. The number of aromatic nitrogens is 1. The summed E-state index contributed by atoms with van der Waals surface area (Å²) in [5, 5.41) is 6.60. The third-order valence-corrected chi connectivity index (χ3v) is 5.64. The van der Waals surface area contributed by atoms with E-state index < -0.39 is 5.54 Å². The highest BCUT2D eigenvalue weighted by molar-refractivity contribution is 5.90. The number of halogens is 1. The molecule has 0 bridgehead atoms. The molecule has 148 valence electrons. The van der Waals surface area contributed by atoms with Crippen molar-refractivity contribution >= 4 is 5.91 Å². The second-order valence-corrected chi connectivity index (χ2v) is 8.38. The first kappa shape index (κ1) is 18.9. The summed E-state index contributed by atoms with van der Waals surface area (Å²) in [5.74, 6) is 0.403. The van der Waals surface area contributed by atoms with Gasteiger partial charge < -0.3 is 10.1 Å². The van der Waals surface area contributed by atoms with E-state index in [-0.39, 0.29) is 23.3 Å². The quantitative estimate of drug-likeness (QED) is 0.844. The van der Waals surface area contributed by atoms with Crippen LogP contribution in [0.25, 0.3) is 11.1 Å². The first-order valence-electron chi connectivity index (χ1n) is 9.81. The summed E-state index contributed by atoms with van der Waals surface area (Å²) in [6, 6.07) is 8.45. The average molecular weight is 383 g/mol. The molecule has 2 atom stereocenters. The van der Waals surface area contributed by atoms with Crippen LogP contribution in [0, 0.1) is 5.82 Å². The van der Waals surface area contributed by atoms with Crippen LogP contribution >= 0.6 is 0 Å². The lowest BCUT2D eigenvalue weighted by Crippen LogP contribution is -2.47. The van der Waals surface area contributed by atoms with Gasteiger partial charge in [0.1, 0.15) is 17.1 Å². The molecule has 2 unspecified atom stereocenters. The summed E-state index contributed by atoms with van der Waals surface area (Å²) in [4.78, 5) is 17.1. The van der Waals surface area contributed by atoms with Crippen LogP contribution in [-0.2, 0) is 4.79 Å². The third-order valence-electron chi connectivity index (χ3n) is 5.64. The lowest BCUT2D eigenvalue weighted by atomic mass is 9.88. The monoisotopic (exact) mass is 383 g/mol. The Bertz CT molecular complexity index is 914. The Hall–Kier alpha value is -2.47. The normalized spacial score (nSPS) is 25.9. The highest BCUT2D eigenvalue weighted by Crippen LogP contribution is 2.41. The van der Waals surface area contributed by atoms with Crippen LogP contribution in [0.4, 0.5) is 4.39 Å². The van der Waals surface area contributed by atoms with Crippen molar-refractivity contribution in [1.82, 2.24) is 15.6 Å². The Morgan fingerprint density at radius 2 is 2.11 bits per heavy atom. The summed E-state index contributed by atoms with van der Waals surface area (Å²) in [6.07, 6.45) is 4.04. The Balaban J connectivity index is 1.61. The molecule has 28 heavy (non-hydrogen) atoms. The van der Waals surface area contributed by atoms with Crippen molar-refractivity contribution in [3.8, 4) is 16.9 Å². The van der Waals surface area contributed by atoms with Crippen molar-refractivity contribution in [3.05, 3.63) is 48.0 Å². The van der Waals surface area contributed by atoms with Crippen LogP contribution in [0.1, 0.15) is 51.8 Å². The number of nitrogens with zero attached hydrogens (tertiary/aromatic N) is 1. The molecule has 1 aromatic carbocycles. The minimum Gasteiger partial charge on any atom is -0.494 e. The molecule has 0 radical (unpaired) electrons. The number of ether oxygens (including phenoxy) is 1. The predicted molar refractivity (Wildman–Crippen MR) is 105 cm³/mol. The molecule has 0 aliphatic carbocycles. The molecular weight excluding hydrogens is 357 g/mol. The van der Waals surface area contributed by atoms with Crippen molar-refractivity contribution in [1.29, 1.82) is 0 Å².